The van der Waals surface area contributed by atoms with Crippen LogP contribution >= 0.6 is 38.5 Å². The van der Waals surface area contributed by atoms with E-state index in [0.717, 1.165) is 20.9 Å². The third-order valence-corrected chi connectivity index (χ3v) is 4.19. The van der Waals surface area contributed by atoms with E-state index in [-0.39, 0.29) is 17.7 Å². The van der Waals surface area contributed by atoms with E-state index in [0.29, 0.717) is 18.7 Å². The minimum Gasteiger partial charge on any atom is -0.354 e. The molecule has 1 aromatic carbocycles. The van der Waals surface area contributed by atoms with Gasteiger partial charge in [-0.2, -0.15) is 0 Å². The fraction of sp³-hybridized carbons (Fsp3) is 0.385. The first-order valence-corrected chi connectivity index (χ1v) is 7.96. The molecule has 6 heteroatoms. The lowest BCUT2D eigenvalue weighted by molar-refractivity contribution is -0.122. The monoisotopic (exact) mass is 436 g/mol. The number of benzene rings is 1. The number of carbonyl (C=O) groups is 2. The van der Waals surface area contributed by atoms with Crippen molar-refractivity contribution in [3.8, 4) is 0 Å². The highest BCUT2D eigenvalue weighted by Gasteiger charge is 2.28. The molecule has 2 rings (SSSR count). The Morgan fingerprint density at radius 2 is 1.95 bits per heavy atom. The van der Waals surface area contributed by atoms with E-state index in [1.165, 1.54) is 0 Å². The van der Waals surface area contributed by atoms with Crippen LogP contribution in [-0.2, 0) is 4.79 Å². The van der Waals surface area contributed by atoms with Gasteiger partial charge in [0.25, 0.3) is 5.91 Å². The van der Waals surface area contributed by atoms with E-state index < -0.39 is 0 Å². The Hall–Kier alpha value is -0.630. The van der Waals surface area contributed by atoms with Gasteiger partial charge in [0.2, 0.25) is 5.91 Å². The first kappa shape index (κ1) is 14.8. The van der Waals surface area contributed by atoms with E-state index in [4.69, 9.17) is 0 Å². The molecule has 0 aliphatic heterocycles. The Morgan fingerprint density at radius 3 is 2.63 bits per heavy atom. The second-order valence-electron chi connectivity index (χ2n) is 4.45. The van der Waals surface area contributed by atoms with E-state index in [9.17, 15) is 9.59 Å². The average molecular weight is 437 g/mol. The van der Waals surface area contributed by atoms with E-state index in [1.54, 1.807) is 0 Å². The predicted octanol–water partition coefficient (Wildman–Crippen LogP) is 2.31. The maximum atomic E-state index is 12.0. The summed E-state index contributed by atoms with van der Waals surface area (Å²) in [4.78, 5) is 23.3. The summed E-state index contributed by atoms with van der Waals surface area (Å²) in [5.41, 5.74) is 0.611. The molecule has 102 valence electrons. The summed E-state index contributed by atoms with van der Waals surface area (Å²) in [6, 6.07) is 5.60. The van der Waals surface area contributed by atoms with Gasteiger partial charge in [0.05, 0.1) is 5.56 Å². The molecule has 1 aromatic rings. The molecule has 0 spiro atoms. The van der Waals surface area contributed by atoms with Crippen LogP contribution in [0.4, 0.5) is 0 Å². The number of halogens is 2. The molecule has 0 bridgehead atoms. The quantitative estimate of drug-likeness (QED) is 0.549. The number of carbonyl (C=O) groups excluding carboxylic acids is 2. The van der Waals surface area contributed by atoms with Crippen LogP contribution < -0.4 is 10.6 Å². The molecule has 19 heavy (non-hydrogen) atoms. The molecule has 2 N–H and O–H groups in total. The normalized spacial score (nSPS) is 14.0. The molecule has 0 unspecified atom stereocenters. The van der Waals surface area contributed by atoms with Gasteiger partial charge in [-0.25, -0.2) is 0 Å². The van der Waals surface area contributed by atoms with Crippen LogP contribution in [0.2, 0.25) is 0 Å². The third-order valence-electron chi connectivity index (χ3n) is 2.83. The smallest absolute Gasteiger partial charge is 0.252 e. The molecule has 0 atom stereocenters. The van der Waals surface area contributed by atoms with Crippen molar-refractivity contribution in [3.63, 3.8) is 0 Å². The van der Waals surface area contributed by atoms with E-state index in [1.807, 2.05) is 18.2 Å². The van der Waals surface area contributed by atoms with Crippen molar-refractivity contribution in [2.75, 3.05) is 13.1 Å². The Morgan fingerprint density at radius 1 is 1.26 bits per heavy atom. The molecule has 0 aromatic heterocycles. The molecular weight excluding hydrogens is 423 g/mol. The van der Waals surface area contributed by atoms with Crippen molar-refractivity contribution < 1.29 is 9.59 Å². The second kappa shape index (κ2) is 6.69. The Bertz CT molecular complexity index is 503. The summed E-state index contributed by atoms with van der Waals surface area (Å²) < 4.78 is 1.78. The highest BCUT2D eigenvalue weighted by Crippen LogP contribution is 2.28. The van der Waals surface area contributed by atoms with Crippen molar-refractivity contribution >= 4 is 50.3 Å². The highest BCUT2D eigenvalue weighted by molar-refractivity contribution is 14.1. The first-order valence-electron chi connectivity index (χ1n) is 6.09. The predicted molar refractivity (Wildman–Crippen MR) is 84.9 cm³/mol. The van der Waals surface area contributed by atoms with Gasteiger partial charge < -0.3 is 10.6 Å². The van der Waals surface area contributed by atoms with Crippen molar-refractivity contribution in [3.05, 3.63) is 31.8 Å². The maximum absolute atomic E-state index is 12.0. The Labute approximate surface area is 134 Å². The number of amides is 2. The van der Waals surface area contributed by atoms with Crippen LogP contribution in [0.1, 0.15) is 23.2 Å². The Balaban J connectivity index is 1.77. The van der Waals surface area contributed by atoms with Crippen molar-refractivity contribution in [1.82, 2.24) is 10.6 Å². The van der Waals surface area contributed by atoms with Crippen LogP contribution in [0, 0.1) is 9.49 Å². The molecule has 1 aliphatic carbocycles. The van der Waals surface area contributed by atoms with E-state index in [2.05, 4.69) is 49.2 Å². The van der Waals surface area contributed by atoms with Gasteiger partial charge in [-0.15, -0.1) is 0 Å². The minimum atomic E-state index is -0.133. The molecule has 0 saturated heterocycles. The minimum absolute atomic E-state index is 0.102. The second-order valence-corrected chi connectivity index (χ2v) is 6.55. The van der Waals surface area contributed by atoms with Gasteiger partial charge in [-0.05, 0) is 69.6 Å². The van der Waals surface area contributed by atoms with Gasteiger partial charge in [0, 0.05) is 27.1 Å². The highest BCUT2D eigenvalue weighted by atomic mass is 127. The number of nitrogens with one attached hydrogen (secondary N) is 2. The lowest BCUT2D eigenvalue weighted by atomic mass is 10.2. The zero-order valence-electron chi connectivity index (χ0n) is 10.2. The van der Waals surface area contributed by atoms with Gasteiger partial charge in [0.15, 0.2) is 0 Å². The van der Waals surface area contributed by atoms with Crippen LogP contribution in [0.5, 0.6) is 0 Å². The molecule has 1 saturated carbocycles. The van der Waals surface area contributed by atoms with Crippen molar-refractivity contribution in [2.45, 2.75) is 12.8 Å². The van der Waals surface area contributed by atoms with Crippen LogP contribution in [0.15, 0.2) is 22.7 Å². The van der Waals surface area contributed by atoms with Gasteiger partial charge >= 0.3 is 0 Å². The maximum Gasteiger partial charge on any atom is 0.252 e. The lowest BCUT2D eigenvalue weighted by Gasteiger charge is -2.08. The van der Waals surface area contributed by atoms with Crippen molar-refractivity contribution in [1.29, 1.82) is 0 Å². The zero-order chi connectivity index (χ0) is 13.8. The zero-order valence-corrected chi connectivity index (χ0v) is 14.0. The Kier molecular flexibility index (Phi) is 5.20. The average Bonchev–Trinajstić information content (AvgIpc) is 3.21. The van der Waals surface area contributed by atoms with Gasteiger partial charge in [-0.1, -0.05) is 0 Å². The number of hydrogen-bond acceptors (Lipinski definition) is 2. The molecule has 1 aliphatic rings. The van der Waals surface area contributed by atoms with Crippen LogP contribution in [0.25, 0.3) is 0 Å². The summed E-state index contributed by atoms with van der Waals surface area (Å²) in [6.45, 7) is 0.915. The van der Waals surface area contributed by atoms with Crippen molar-refractivity contribution in [2.24, 2.45) is 5.92 Å². The third kappa shape index (κ3) is 4.45. The number of hydrogen-bond donors (Lipinski definition) is 2. The fourth-order valence-electron chi connectivity index (χ4n) is 1.62. The molecule has 1 fully saturated rings. The SMILES string of the molecule is O=C(NCCNC(=O)C1CC1)c1cc(I)ccc1Br. The van der Waals surface area contributed by atoms with Crippen LogP contribution in [0.3, 0.4) is 0 Å². The summed E-state index contributed by atoms with van der Waals surface area (Å²) >= 11 is 5.52. The van der Waals surface area contributed by atoms with Gasteiger partial charge in [-0.3, -0.25) is 9.59 Å². The lowest BCUT2D eigenvalue weighted by Crippen LogP contribution is -2.35. The van der Waals surface area contributed by atoms with E-state index >= 15 is 0 Å². The topological polar surface area (TPSA) is 58.2 Å². The molecule has 0 heterocycles. The molecule has 0 radical (unpaired) electrons. The molecule has 2 amide bonds. The largest absolute Gasteiger partial charge is 0.354 e. The van der Waals surface area contributed by atoms with Gasteiger partial charge in [0.1, 0.15) is 0 Å². The fourth-order valence-corrected chi connectivity index (χ4v) is 2.54. The van der Waals surface area contributed by atoms with Crippen LogP contribution in [-0.4, -0.2) is 24.9 Å². The number of rotatable bonds is 5. The standard InChI is InChI=1S/C13H14BrIN2O2/c14-11-4-3-9(15)7-10(11)13(19)17-6-5-16-12(18)8-1-2-8/h3-4,7-8H,1-2,5-6H2,(H,16,18)(H,17,19). The molecule has 4 nitrogen and oxygen atoms in total. The first-order chi connectivity index (χ1) is 9.08. The summed E-state index contributed by atoms with van der Waals surface area (Å²) in [7, 11) is 0. The summed E-state index contributed by atoms with van der Waals surface area (Å²) in [6.07, 6.45) is 1.99. The molecular formula is C13H14BrIN2O2. The summed E-state index contributed by atoms with van der Waals surface area (Å²) in [5.74, 6) is 0.177. The summed E-state index contributed by atoms with van der Waals surface area (Å²) in [5, 5.41) is 5.61.